The molecule has 0 spiro atoms. The molecule has 0 amide bonds. The van der Waals surface area contributed by atoms with Gasteiger partial charge in [0.25, 0.3) is 0 Å². The van der Waals surface area contributed by atoms with Gasteiger partial charge >= 0.3 is 0 Å². The molecule has 0 saturated carbocycles. The molecule has 0 aliphatic rings. The summed E-state index contributed by atoms with van der Waals surface area (Å²) in [7, 11) is -2.99. The molecule has 0 unspecified atom stereocenters. The summed E-state index contributed by atoms with van der Waals surface area (Å²) < 4.78 is 52.2. The second-order valence-corrected chi connectivity index (χ2v) is 6.90. The van der Waals surface area contributed by atoms with Crippen molar-refractivity contribution >= 4 is 15.8 Å². The first-order valence-corrected chi connectivity index (χ1v) is 6.96. The van der Waals surface area contributed by atoms with Crippen LogP contribution in [0.2, 0.25) is 0 Å². The Hall–Kier alpha value is -1.34. The van der Waals surface area contributed by atoms with Gasteiger partial charge in [0.2, 0.25) is 10.0 Å². The van der Waals surface area contributed by atoms with E-state index in [1.165, 1.54) is 0 Å². The number of carbonyl (C=O) groups is 1. The molecule has 1 rings (SSSR count). The molecule has 4 nitrogen and oxygen atoms in total. The highest BCUT2D eigenvalue weighted by Gasteiger charge is 2.29. The van der Waals surface area contributed by atoms with Crippen LogP contribution in [0.5, 0.6) is 0 Å². The number of carbonyl (C=O) groups excluding carboxylic acids is 1. The molecule has 0 atom stereocenters. The van der Waals surface area contributed by atoms with E-state index in [1.807, 2.05) is 4.72 Å². The monoisotopic (exact) mass is 291 g/mol. The van der Waals surface area contributed by atoms with Gasteiger partial charge in [0.05, 0.1) is 5.56 Å². The Balaban J connectivity index is 3.54. The number of nitrogens with one attached hydrogen (secondary N) is 1. The fourth-order valence-electron chi connectivity index (χ4n) is 1.42. The molecule has 0 aliphatic carbocycles. The first kappa shape index (κ1) is 15.7. The van der Waals surface area contributed by atoms with Crippen molar-refractivity contribution in [3.8, 4) is 0 Å². The van der Waals surface area contributed by atoms with Crippen LogP contribution >= 0.6 is 0 Å². The van der Waals surface area contributed by atoms with Crippen molar-refractivity contribution in [2.75, 3.05) is 7.05 Å². The molecule has 1 aromatic carbocycles. The number of hydrogen-bond donors (Lipinski definition) is 1. The van der Waals surface area contributed by atoms with Crippen LogP contribution in [-0.2, 0) is 10.0 Å². The Morgan fingerprint density at radius 1 is 1.16 bits per heavy atom. The van der Waals surface area contributed by atoms with E-state index in [9.17, 15) is 22.0 Å². The van der Waals surface area contributed by atoms with Crippen LogP contribution in [-0.4, -0.2) is 21.2 Å². The van der Waals surface area contributed by atoms with Crippen LogP contribution < -0.4 is 4.72 Å². The van der Waals surface area contributed by atoms with Crippen molar-refractivity contribution in [1.29, 1.82) is 0 Å². The molecule has 1 N–H and O–H groups in total. The molecular weight excluding hydrogens is 276 g/mol. The standard InChI is InChI=1S/C12H15F2NO3S/c1-12(2,3)11(16)7-5-10(19(17,18)15-4)9(14)6-8(7)13/h5-6,15H,1-4H3. The predicted octanol–water partition coefficient (Wildman–Crippen LogP) is 2.10. The Labute approximate surface area is 110 Å². The van der Waals surface area contributed by atoms with Crippen molar-refractivity contribution < 1.29 is 22.0 Å². The van der Waals surface area contributed by atoms with E-state index in [1.54, 1.807) is 20.8 Å². The van der Waals surface area contributed by atoms with Gasteiger partial charge in [-0.05, 0) is 13.1 Å². The Bertz CT molecular complexity index is 619. The Kier molecular flexibility index (Phi) is 4.11. The highest BCUT2D eigenvalue weighted by molar-refractivity contribution is 7.89. The van der Waals surface area contributed by atoms with Crippen LogP contribution in [0.3, 0.4) is 0 Å². The SMILES string of the molecule is CNS(=O)(=O)c1cc(C(=O)C(C)(C)C)c(F)cc1F. The van der Waals surface area contributed by atoms with E-state index >= 15 is 0 Å². The molecule has 0 aliphatic heterocycles. The van der Waals surface area contributed by atoms with Crippen molar-refractivity contribution in [3.63, 3.8) is 0 Å². The van der Waals surface area contributed by atoms with Crippen molar-refractivity contribution in [1.82, 2.24) is 4.72 Å². The molecule has 0 fully saturated rings. The fourth-order valence-corrected chi connectivity index (χ4v) is 2.23. The minimum atomic E-state index is -4.09. The molecule has 106 valence electrons. The van der Waals surface area contributed by atoms with E-state index in [0.29, 0.717) is 6.07 Å². The molecule has 0 heterocycles. The lowest BCUT2D eigenvalue weighted by molar-refractivity contribution is 0.0853. The van der Waals surface area contributed by atoms with Gasteiger partial charge < -0.3 is 0 Å². The smallest absolute Gasteiger partial charge is 0.243 e. The summed E-state index contributed by atoms with van der Waals surface area (Å²) in [6.45, 7) is 4.68. The van der Waals surface area contributed by atoms with Crippen LogP contribution in [0, 0.1) is 17.0 Å². The van der Waals surface area contributed by atoms with E-state index in [0.717, 1.165) is 13.1 Å². The molecule has 19 heavy (non-hydrogen) atoms. The lowest BCUT2D eigenvalue weighted by Crippen LogP contribution is -2.24. The molecule has 0 radical (unpaired) electrons. The number of benzene rings is 1. The minimum Gasteiger partial charge on any atom is -0.293 e. The number of sulfonamides is 1. The Morgan fingerprint density at radius 2 is 1.68 bits per heavy atom. The van der Waals surface area contributed by atoms with Crippen LogP contribution in [0.1, 0.15) is 31.1 Å². The van der Waals surface area contributed by atoms with E-state index < -0.39 is 43.3 Å². The van der Waals surface area contributed by atoms with Gasteiger partial charge in [0.15, 0.2) is 5.78 Å². The number of rotatable bonds is 3. The fraction of sp³-hybridized carbons (Fsp3) is 0.417. The molecule has 0 saturated heterocycles. The summed E-state index contributed by atoms with van der Waals surface area (Å²) in [5.41, 5.74) is -1.35. The number of hydrogen-bond acceptors (Lipinski definition) is 3. The zero-order valence-electron chi connectivity index (χ0n) is 11.0. The van der Waals surface area contributed by atoms with Gasteiger partial charge in [0, 0.05) is 11.5 Å². The normalized spacial score (nSPS) is 12.5. The lowest BCUT2D eigenvalue weighted by atomic mass is 9.86. The third-order valence-corrected chi connectivity index (χ3v) is 3.93. The second kappa shape index (κ2) is 4.97. The van der Waals surface area contributed by atoms with E-state index in [-0.39, 0.29) is 0 Å². The van der Waals surface area contributed by atoms with Gasteiger partial charge in [-0.1, -0.05) is 20.8 Å². The maximum Gasteiger partial charge on any atom is 0.243 e. The van der Waals surface area contributed by atoms with Crippen LogP contribution in [0.4, 0.5) is 8.78 Å². The summed E-state index contributed by atoms with van der Waals surface area (Å²) in [6.07, 6.45) is 0. The van der Waals surface area contributed by atoms with Gasteiger partial charge in [-0.2, -0.15) is 0 Å². The minimum absolute atomic E-state index is 0.406. The summed E-state index contributed by atoms with van der Waals surface area (Å²) in [6, 6.07) is 1.13. The van der Waals surface area contributed by atoms with Crippen LogP contribution in [0.15, 0.2) is 17.0 Å². The first-order chi connectivity index (χ1) is 8.50. The van der Waals surface area contributed by atoms with Gasteiger partial charge in [-0.3, -0.25) is 4.79 Å². The maximum absolute atomic E-state index is 13.6. The van der Waals surface area contributed by atoms with Gasteiger partial charge in [-0.15, -0.1) is 0 Å². The highest BCUT2D eigenvalue weighted by Crippen LogP contribution is 2.26. The third kappa shape index (κ3) is 3.16. The number of Topliss-reactive ketones (excluding diaryl/α,β-unsaturated/α-hetero) is 1. The van der Waals surface area contributed by atoms with Crippen molar-refractivity contribution in [2.24, 2.45) is 5.41 Å². The zero-order valence-corrected chi connectivity index (χ0v) is 11.9. The van der Waals surface area contributed by atoms with E-state index in [4.69, 9.17) is 0 Å². The summed E-state index contributed by atoms with van der Waals surface area (Å²) in [4.78, 5) is 11.2. The summed E-state index contributed by atoms with van der Waals surface area (Å²) in [5, 5.41) is 0. The van der Waals surface area contributed by atoms with Crippen molar-refractivity contribution in [3.05, 3.63) is 29.3 Å². The molecule has 0 aromatic heterocycles. The average Bonchev–Trinajstić information content (AvgIpc) is 2.26. The number of halogens is 2. The summed E-state index contributed by atoms with van der Waals surface area (Å²) in [5.74, 6) is -2.91. The van der Waals surface area contributed by atoms with Crippen molar-refractivity contribution in [2.45, 2.75) is 25.7 Å². The molecule has 7 heteroatoms. The van der Waals surface area contributed by atoms with Gasteiger partial charge in [0.1, 0.15) is 16.5 Å². The van der Waals surface area contributed by atoms with E-state index in [2.05, 4.69) is 0 Å². The van der Waals surface area contributed by atoms with Crippen LogP contribution in [0.25, 0.3) is 0 Å². The lowest BCUT2D eigenvalue weighted by Gasteiger charge is -2.17. The second-order valence-electron chi connectivity index (χ2n) is 5.05. The Morgan fingerprint density at radius 3 is 2.11 bits per heavy atom. The topological polar surface area (TPSA) is 63.2 Å². The zero-order chi connectivity index (χ0) is 15.0. The third-order valence-electron chi connectivity index (χ3n) is 2.51. The number of ketones is 1. The largest absolute Gasteiger partial charge is 0.293 e. The molecule has 0 bridgehead atoms. The quantitative estimate of drug-likeness (QED) is 0.867. The maximum atomic E-state index is 13.6. The van der Waals surface area contributed by atoms with Gasteiger partial charge in [-0.25, -0.2) is 21.9 Å². The summed E-state index contributed by atoms with van der Waals surface area (Å²) >= 11 is 0. The first-order valence-electron chi connectivity index (χ1n) is 5.48. The average molecular weight is 291 g/mol. The highest BCUT2D eigenvalue weighted by atomic mass is 32.2. The molecule has 1 aromatic rings. The molecular formula is C12H15F2NO3S. The predicted molar refractivity (Wildman–Crippen MR) is 66.4 cm³/mol.